The summed E-state index contributed by atoms with van der Waals surface area (Å²) in [6.45, 7) is 0.649. The topological polar surface area (TPSA) is 46.5 Å². The number of H-pyrrole nitrogens is 1. The lowest BCUT2D eigenvalue weighted by atomic mass is 10.1. The highest BCUT2D eigenvalue weighted by Gasteiger charge is 2.08. The van der Waals surface area contributed by atoms with Gasteiger partial charge in [-0.3, -0.25) is 0 Å². The average Bonchev–Trinajstić information content (AvgIpc) is 3.22. The van der Waals surface area contributed by atoms with Crippen molar-refractivity contribution in [2.45, 2.75) is 19.4 Å². The quantitative estimate of drug-likeness (QED) is 0.609. The number of aromatic amines is 1. The fourth-order valence-corrected chi connectivity index (χ4v) is 2.98. The first-order valence-corrected chi connectivity index (χ1v) is 7.96. The van der Waals surface area contributed by atoms with Gasteiger partial charge >= 0.3 is 0 Å². The Balaban J connectivity index is 1.49. The standard InChI is InChI=1S/C19H17FN4/c20-16-8-5-14(6-9-16)12-24-13-22-23-19(24)10-7-15-11-21-18-4-2-1-3-17(15)18/h1-6,8-9,11,13,21H,7,10,12H2. The van der Waals surface area contributed by atoms with Gasteiger partial charge in [0, 0.05) is 23.5 Å². The maximum Gasteiger partial charge on any atom is 0.133 e. The van der Waals surface area contributed by atoms with Crippen LogP contribution < -0.4 is 0 Å². The van der Waals surface area contributed by atoms with Gasteiger partial charge in [0.25, 0.3) is 0 Å². The largest absolute Gasteiger partial charge is 0.361 e. The highest BCUT2D eigenvalue weighted by Crippen LogP contribution is 2.19. The van der Waals surface area contributed by atoms with Gasteiger partial charge in [0.05, 0.1) is 6.54 Å². The summed E-state index contributed by atoms with van der Waals surface area (Å²) in [7, 11) is 0. The molecule has 4 nitrogen and oxygen atoms in total. The van der Waals surface area contributed by atoms with Crippen LogP contribution in [-0.4, -0.2) is 19.7 Å². The molecular weight excluding hydrogens is 303 g/mol. The molecule has 0 aliphatic rings. The number of aromatic nitrogens is 4. The fraction of sp³-hybridized carbons (Fsp3) is 0.158. The molecule has 120 valence electrons. The van der Waals surface area contributed by atoms with E-state index in [-0.39, 0.29) is 5.82 Å². The number of benzene rings is 2. The SMILES string of the molecule is Fc1ccc(Cn2cnnc2CCc2c[nH]c3ccccc23)cc1. The molecule has 0 bridgehead atoms. The second kappa shape index (κ2) is 6.28. The summed E-state index contributed by atoms with van der Waals surface area (Å²) < 4.78 is 15.0. The van der Waals surface area contributed by atoms with E-state index in [1.807, 2.05) is 10.6 Å². The van der Waals surface area contributed by atoms with E-state index in [1.54, 1.807) is 18.5 Å². The maximum atomic E-state index is 13.0. The van der Waals surface area contributed by atoms with Gasteiger partial charge in [0.1, 0.15) is 18.0 Å². The van der Waals surface area contributed by atoms with Crippen LogP contribution in [0.2, 0.25) is 0 Å². The van der Waals surface area contributed by atoms with Crippen LogP contribution in [0.1, 0.15) is 17.0 Å². The van der Waals surface area contributed by atoms with Crippen molar-refractivity contribution in [1.82, 2.24) is 19.7 Å². The minimum Gasteiger partial charge on any atom is -0.361 e. The zero-order chi connectivity index (χ0) is 16.4. The zero-order valence-corrected chi connectivity index (χ0v) is 13.1. The summed E-state index contributed by atoms with van der Waals surface area (Å²) in [5.41, 5.74) is 3.46. The van der Waals surface area contributed by atoms with Crippen LogP contribution in [0.25, 0.3) is 10.9 Å². The number of hydrogen-bond donors (Lipinski definition) is 1. The van der Waals surface area contributed by atoms with Crippen LogP contribution in [0.5, 0.6) is 0 Å². The number of halogens is 1. The maximum absolute atomic E-state index is 13.0. The number of aryl methyl sites for hydroxylation is 2. The van der Waals surface area contributed by atoms with Gasteiger partial charge in [0.15, 0.2) is 0 Å². The highest BCUT2D eigenvalue weighted by atomic mass is 19.1. The van der Waals surface area contributed by atoms with Crippen LogP contribution in [-0.2, 0) is 19.4 Å². The zero-order valence-electron chi connectivity index (χ0n) is 13.1. The van der Waals surface area contributed by atoms with E-state index in [4.69, 9.17) is 0 Å². The van der Waals surface area contributed by atoms with E-state index in [2.05, 4.69) is 39.6 Å². The van der Waals surface area contributed by atoms with Crippen molar-refractivity contribution in [1.29, 1.82) is 0 Å². The lowest BCUT2D eigenvalue weighted by Gasteiger charge is -2.07. The first-order valence-electron chi connectivity index (χ1n) is 7.96. The van der Waals surface area contributed by atoms with Crippen LogP contribution in [0.3, 0.4) is 0 Å². The molecule has 2 heterocycles. The molecule has 0 aliphatic carbocycles. The molecule has 0 radical (unpaired) electrons. The number of para-hydroxylation sites is 1. The van der Waals surface area contributed by atoms with E-state index in [0.29, 0.717) is 6.54 Å². The lowest BCUT2D eigenvalue weighted by Crippen LogP contribution is -2.05. The van der Waals surface area contributed by atoms with Gasteiger partial charge in [-0.2, -0.15) is 0 Å². The smallest absolute Gasteiger partial charge is 0.133 e. The third kappa shape index (κ3) is 2.93. The van der Waals surface area contributed by atoms with E-state index in [1.165, 1.54) is 23.1 Å². The Bertz CT molecular complexity index is 953. The van der Waals surface area contributed by atoms with E-state index in [0.717, 1.165) is 29.7 Å². The molecule has 0 aliphatic heterocycles. The predicted molar refractivity (Wildman–Crippen MR) is 91.2 cm³/mol. The van der Waals surface area contributed by atoms with Crippen molar-refractivity contribution >= 4 is 10.9 Å². The number of fused-ring (bicyclic) bond motifs is 1. The number of nitrogens with one attached hydrogen (secondary N) is 1. The molecule has 0 fully saturated rings. The summed E-state index contributed by atoms with van der Waals surface area (Å²) in [5, 5.41) is 9.52. The van der Waals surface area contributed by atoms with E-state index in [9.17, 15) is 4.39 Å². The fourth-order valence-electron chi connectivity index (χ4n) is 2.98. The summed E-state index contributed by atoms with van der Waals surface area (Å²) in [6.07, 6.45) is 5.49. The highest BCUT2D eigenvalue weighted by molar-refractivity contribution is 5.83. The van der Waals surface area contributed by atoms with Gasteiger partial charge in [-0.05, 0) is 35.7 Å². The third-order valence-corrected chi connectivity index (χ3v) is 4.25. The normalized spacial score (nSPS) is 11.2. The monoisotopic (exact) mass is 320 g/mol. The minimum atomic E-state index is -0.220. The van der Waals surface area contributed by atoms with Crippen molar-refractivity contribution in [2.75, 3.05) is 0 Å². The second-order valence-corrected chi connectivity index (χ2v) is 5.86. The van der Waals surface area contributed by atoms with E-state index < -0.39 is 0 Å². The first-order chi connectivity index (χ1) is 11.8. The molecular formula is C19H17FN4. The summed E-state index contributed by atoms with van der Waals surface area (Å²) >= 11 is 0. The van der Waals surface area contributed by atoms with Crippen LogP contribution in [0.4, 0.5) is 4.39 Å². The minimum absolute atomic E-state index is 0.220. The van der Waals surface area contributed by atoms with Crippen molar-refractivity contribution < 1.29 is 4.39 Å². The van der Waals surface area contributed by atoms with Gasteiger partial charge in [-0.15, -0.1) is 10.2 Å². The Labute approximate surface area is 139 Å². The molecule has 1 N–H and O–H groups in total. The Morgan fingerprint density at radius 3 is 2.71 bits per heavy atom. The Kier molecular flexibility index (Phi) is 3.83. The first kappa shape index (κ1) is 14.6. The van der Waals surface area contributed by atoms with Crippen molar-refractivity contribution in [3.05, 3.63) is 83.8 Å². The molecule has 5 heteroatoms. The van der Waals surface area contributed by atoms with Gasteiger partial charge in [-0.1, -0.05) is 30.3 Å². The summed E-state index contributed by atoms with van der Waals surface area (Å²) in [6, 6.07) is 14.8. The van der Waals surface area contributed by atoms with Gasteiger partial charge < -0.3 is 9.55 Å². The molecule has 2 aromatic heterocycles. The predicted octanol–water partition coefficient (Wildman–Crippen LogP) is 3.73. The second-order valence-electron chi connectivity index (χ2n) is 5.86. The molecule has 4 rings (SSSR count). The van der Waals surface area contributed by atoms with Crippen LogP contribution in [0, 0.1) is 5.82 Å². The average molecular weight is 320 g/mol. The Hall–Kier alpha value is -2.95. The molecule has 0 spiro atoms. The summed E-state index contributed by atoms with van der Waals surface area (Å²) in [5.74, 6) is 0.715. The molecule has 0 unspecified atom stereocenters. The number of rotatable bonds is 5. The van der Waals surface area contributed by atoms with Crippen molar-refractivity contribution in [3.8, 4) is 0 Å². The lowest BCUT2D eigenvalue weighted by molar-refractivity contribution is 0.625. The molecule has 0 amide bonds. The van der Waals surface area contributed by atoms with Gasteiger partial charge in [-0.25, -0.2) is 4.39 Å². The van der Waals surface area contributed by atoms with Crippen molar-refractivity contribution in [2.24, 2.45) is 0 Å². The van der Waals surface area contributed by atoms with Crippen LogP contribution in [0.15, 0.2) is 61.1 Å². The summed E-state index contributed by atoms with van der Waals surface area (Å²) in [4.78, 5) is 3.30. The molecule has 0 saturated carbocycles. The number of nitrogens with zero attached hydrogens (tertiary/aromatic N) is 3. The van der Waals surface area contributed by atoms with Crippen molar-refractivity contribution in [3.63, 3.8) is 0 Å². The molecule has 0 saturated heterocycles. The molecule has 4 aromatic rings. The Morgan fingerprint density at radius 2 is 1.83 bits per heavy atom. The third-order valence-electron chi connectivity index (χ3n) is 4.25. The Morgan fingerprint density at radius 1 is 1.00 bits per heavy atom. The van der Waals surface area contributed by atoms with Gasteiger partial charge in [0.2, 0.25) is 0 Å². The van der Waals surface area contributed by atoms with E-state index >= 15 is 0 Å². The van der Waals surface area contributed by atoms with Crippen LogP contribution >= 0.6 is 0 Å². The molecule has 24 heavy (non-hydrogen) atoms. The molecule has 0 atom stereocenters. The molecule has 2 aromatic carbocycles. The number of hydrogen-bond acceptors (Lipinski definition) is 2.